The van der Waals surface area contributed by atoms with Crippen LogP contribution in [0.5, 0.6) is 17.2 Å². The summed E-state index contributed by atoms with van der Waals surface area (Å²) in [4.78, 5) is 17.2. The van der Waals surface area contributed by atoms with Crippen molar-refractivity contribution in [1.29, 1.82) is 0 Å². The molecule has 3 rings (SSSR count). The summed E-state index contributed by atoms with van der Waals surface area (Å²) in [7, 11) is 4.51. The maximum absolute atomic E-state index is 12.8. The summed E-state index contributed by atoms with van der Waals surface area (Å²) in [5.74, 6) is 1.18. The van der Waals surface area contributed by atoms with E-state index in [1.54, 1.807) is 6.07 Å². The summed E-state index contributed by atoms with van der Waals surface area (Å²) in [6.07, 6.45) is 1.48. The highest BCUT2D eigenvalue weighted by Gasteiger charge is 2.19. The number of nitrogens with one attached hydrogen (secondary N) is 1. The van der Waals surface area contributed by atoms with E-state index in [0.29, 0.717) is 34.7 Å². The van der Waals surface area contributed by atoms with Gasteiger partial charge in [-0.05, 0) is 19.1 Å². The monoisotopic (exact) mass is 330 g/mol. The lowest BCUT2D eigenvalue weighted by Crippen LogP contribution is -2.21. The molecule has 3 aromatic rings. The molecule has 0 unspecified atom stereocenters. The third-order valence-electron chi connectivity index (χ3n) is 3.71. The minimum absolute atomic E-state index is 0.208. The fraction of sp³-hybridized carbons (Fsp3) is 0.312. The lowest BCUT2D eigenvalue weighted by atomic mass is 10.2. The van der Waals surface area contributed by atoms with Crippen LogP contribution in [0.2, 0.25) is 0 Å². The van der Waals surface area contributed by atoms with Gasteiger partial charge in [0.05, 0.1) is 45.3 Å². The molecule has 24 heavy (non-hydrogen) atoms. The Bertz CT molecular complexity index is 945. The minimum atomic E-state index is -0.208. The van der Waals surface area contributed by atoms with Gasteiger partial charge in [-0.2, -0.15) is 5.10 Å². The van der Waals surface area contributed by atoms with Gasteiger partial charge in [0.15, 0.2) is 11.5 Å². The number of hydrogen-bond acceptors (Lipinski definition) is 6. The van der Waals surface area contributed by atoms with Crippen molar-refractivity contribution in [2.75, 3.05) is 21.3 Å². The third kappa shape index (κ3) is 2.55. The molecule has 8 nitrogen and oxygen atoms in total. The van der Waals surface area contributed by atoms with Crippen molar-refractivity contribution < 1.29 is 14.2 Å². The number of aryl methyl sites for hydroxylation is 1. The maximum Gasteiger partial charge on any atom is 0.261 e. The topological polar surface area (TPSA) is 91.3 Å². The molecular formula is C16H18N4O4. The van der Waals surface area contributed by atoms with Gasteiger partial charge in [-0.25, -0.2) is 4.98 Å². The quantitative estimate of drug-likeness (QED) is 0.762. The predicted molar refractivity (Wildman–Crippen MR) is 88.1 cm³/mol. The Kier molecular flexibility index (Phi) is 4.11. The van der Waals surface area contributed by atoms with E-state index in [1.165, 1.54) is 32.2 Å². The smallest absolute Gasteiger partial charge is 0.261 e. The van der Waals surface area contributed by atoms with Crippen molar-refractivity contribution in [3.8, 4) is 17.2 Å². The van der Waals surface area contributed by atoms with Crippen molar-refractivity contribution in [2.24, 2.45) is 0 Å². The first-order valence-corrected chi connectivity index (χ1v) is 7.28. The molecule has 0 aliphatic carbocycles. The molecule has 1 aromatic carbocycles. The normalized spacial score (nSPS) is 10.8. The molecule has 2 aromatic heterocycles. The lowest BCUT2D eigenvalue weighted by molar-refractivity contribution is 0.326. The second kappa shape index (κ2) is 6.23. The van der Waals surface area contributed by atoms with Crippen LogP contribution in [0.15, 0.2) is 23.3 Å². The van der Waals surface area contributed by atoms with Crippen LogP contribution in [0, 0.1) is 6.92 Å². The van der Waals surface area contributed by atoms with Crippen LogP contribution in [-0.2, 0) is 6.54 Å². The first kappa shape index (κ1) is 15.9. The van der Waals surface area contributed by atoms with Crippen LogP contribution >= 0.6 is 0 Å². The molecule has 0 bridgehead atoms. The highest BCUT2D eigenvalue weighted by atomic mass is 16.5. The molecule has 0 saturated carbocycles. The molecule has 2 heterocycles. The number of benzene rings is 1. The molecule has 126 valence electrons. The molecule has 0 saturated heterocycles. The second-order valence-corrected chi connectivity index (χ2v) is 5.26. The first-order valence-electron chi connectivity index (χ1n) is 7.28. The van der Waals surface area contributed by atoms with E-state index >= 15 is 0 Å². The van der Waals surface area contributed by atoms with Crippen LogP contribution in [0.4, 0.5) is 0 Å². The fourth-order valence-corrected chi connectivity index (χ4v) is 2.61. The average molecular weight is 330 g/mol. The van der Waals surface area contributed by atoms with Crippen LogP contribution < -0.4 is 19.8 Å². The summed E-state index contributed by atoms with van der Waals surface area (Å²) < 4.78 is 17.5. The number of H-pyrrole nitrogens is 1. The molecule has 0 fully saturated rings. The first-order chi connectivity index (χ1) is 11.6. The van der Waals surface area contributed by atoms with Crippen LogP contribution in [0.25, 0.3) is 10.9 Å². The minimum Gasteiger partial charge on any atom is -0.493 e. The van der Waals surface area contributed by atoms with E-state index in [-0.39, 0.29) is 5.56 Å². The molecule has 1 N–H and O–H groups in total. The summed E-state index contributed by atoms with van der Waals surface area (Å²) in [6, 6.07) is 3.49. The van der Waals surface area contributed by atoms with E-state index in [0.717, 1.165) is 11.4 Å². The number of methoxy groups -OCH3 is 3. The molecule has 0 radical (unpaired) electrons. The third-order valence-corrected chi connectivity index (χ3v) is 3.71. The molecule has 0 aliphatic rings. The van der Waals surface area contributed by atoms with E-state index in [9.17, 15) is 4.79 Å². The van der Waals surface area contributed by atoms with Crippen molar-refractivity contribution >= 4 is 10.9 Å². The highest BCUT2D eigenvalue weighted by Crippen LogP contribution is 2.41. The second-order valence-electron chi connectivity index (χ2n) is 5.26. The van der Waals surface area contributed by atoms with Crippen molar-refractivity contribution in [2.45, 2.75) is 13.5 Å². The van der Waals surface area contributed by atoms with Gasteiger partial charge in [-0.3, -0.25) is 14.5 Å². The van der Waals surface area contributed by atoms with Gasteiger partial charge in [-0.1, -0.05) is 0 Å². The van der Waals surface area contributed by atoms with Gasteiger partial charge in [0.1, 0.15) is 5.52 Å². The summed E-state index contributed by atoms with van der Waals surface area (Å²) >= 11 is 0. The number of aromatic amines is 1. The largest absolute Gasteiger partial charge is 0.493 e. The Labute approximate surface area is 138 Å². The van der Waals surface area contributed by atoms with Crippen LogP contribution in [0.3, 0.4) is 0 Å². The molecule has 0 atom stereocenters. The Hall–Kier alpha value is -3.03. The van der Waals surface area contributed by atoms with E-state index < -0.39 is 0 Å². The molecule has 0 spiro atoms. The predicted octanol–water partition coefficient (Wildman–Crippen LogP) is 1.50. The molecule has 0 aliphatic heterocycles. The molecule has 0 amide bonds. The van der Waals surface area contributed by atoms with Gasteiger partial charge in [0.25, 0.3) is 5.56 Å². The fourth-order valence-electron chi connectivity index (χ4n) is 2.61. The number of fused-ring (bicyclic) bond motifs is 1. The Balaban J connectivity index is 2.19. The lowest BCUT2D eigenvalue weighted by Gasteiger charge is -2.14. The standard InChI is InChI=1S/C16H18N4O4/c1-9-5-10(19-18-9)7-20-8-17-13-11(16(20)21)6-12(22-2)14(23-3)15(13)24-4/h5-6,8H,7H2,1-4H3,(H,18,19). The van der Waals surface area contributed by atoms with Gasteiger partial charge >= 0.3 is 0 Å². The Morgan fingerprint density at radius 3 is 2.46 bits per heavy atom. The zero-order valence-corrected chi connectivity index (χ0v) is 13.9. The Morgan fingerprint density at radius 1 is 1.12 bits per heavy atom. The zero-order valence-electron chi connectivity index (χ0n) is 13.9. The van der Waals surface area contributed by atoms with E-state index in [1.807, 2.05) is 13.0 Å². The number of aromatic nitrogens is 4. The highest BCUT2D eigenvalue weighted by molar-refractivity contribution is 5.89. The van der Waals surface area contributed by atoms with Crippen molar-refractivity contribution in [3.63, 3.8) is 0 Å². The molecule has 8 heteroatoms. The maximum atomic E-state index is 12.8. The van der Waals surface area contributed by atoms with Crippen molar-refractivity contribution in [1.82, 2.24) is 19.7 Å². The van der Waals surface area contributed by atoms with E-state index in [4.69, 9.17) is 14.2 Å². The number of nitrogens with zero attached hydrogens (tertiary/aromatic N) is 3. The Morgan fingerprint density at radius 2 is 1.88 bits per heavy atom. The van der Waals surface area contributed by atoms with Gasteiger partial charge in [-0.15, -0.1) is 0 Å². The number of rotatable bonds is 5. The summed E-state index contributed by atoms with van der Waals surface area (Å²) in [6.45, 7) is 2.22. The number of ether oxygens (including phenoxy) is 3. The van der Waals surface area contributed by atoms with Crippen molar-refractivity contribution in [3.05, 3.63) is 40.2 Å². The molecular weight excluding hydrogens is 312 g/mol. The van der Waals surface area contributed by atoms with Crippen LogP contribution in [0.1, 0.15) is 11.4 Å². The number of hydrogen-bond donors (Lipinski definition) is 1. The average Bonchev–Trinajstić information content (AvgIpc) is 3.00. The van der Waals surface area contributed by atoms with Gasteiger partial charge < -0.3 is 14.2 Å². The van der Waals surface area contributed by atoms with Gasteiger partial charge in [0.2, 0.25) is 5.75 Å². The van der Waals surface area contributed by atoms with Gasteiger partial charge in [0, 0.05) is 5.69 Å². The summed E-state index contributed by atoms with van der Waals surface area (Å²) in [5, 5.41) is 7.39. The van der Waals surface area contributed by atoms with Crippen LogP contribution in [-0.4, -0.2) is 41.1 Å². The SMILES string of the molecule is COc1cc2c(=O)n(Cc3cc(C)[nH]n3)cnc2c(OC)c1OC. The summed E-state index contributed by atoms with van der Waals surface area (Å²) in [5.41, 5.74) is 1.90. The zero-order chi connectivity index (χ0) is 17.3. The van der Waals surface area contributed by atoms with E-state index in [2.05, 4.69) is 15.2 Å².